The van der Waals surface area contributed by atoms with Crippen molar-refractivity contribution in [3.05, 3.63) is 47.6 Å². The number of rotatable bonds is 9. The molecule has 2 aromatic rings. The summed E-state index contributed by atoms with van der Waals surface area (Å²) in [5.74, 6) is 1.96. The summed E-state index contributed by atoms with van der Waals surface area (Å²) in [7, 11) is 0. The fourth-order valence-corrected chi connectivity index (χ4v) is 3.69. The van der Waals surface area contributed by atoms with Crippen molar-refractivity contribution in [2.45, 2.75) is 51.0 Å². The Labute approximate surface area is 171 Å². The Hall–Kier alpha value is -2.41. The molecule has 156 valence electrons. The summed E-state index contributed by atoms with van der Waals surface area (Å²) in [5, 5.41) is 7.14. The van der Waals surface area contributed by atoms with E-state index in [9.17, 15) is 4.79 Å². The van der Waals surface area contributed by atoms with Gasteiger partial charge in [-0.05, 0) is 50.0 Å². The quantitative estimate of drug-likeness (QED) is 0.654. The van der Waals surface area contributed by atoms with Gasteiger partial charge in [-0.3, -0.25) is 0 Å². The van der Waals surface area contributed by atoms with Gasteiger partial charge >= 0.3 is 6.03 Å². The molecule has 0 bridgehead atoms. The Balaban J connectivity index is 1.27. The van der Waals surface area contributed by atoms with Gasteiger partial charge in [0.25, 0.3) is 0 Å². The number of carbonyl (C=O) groups is 1. The standard InChI is InChI=1S/C22H30N4O3/c27-22(23-13-11-17-6-2-1-3-7-17)26-14-5-4-8-19(26)21-24-20(25-29-21)12-15-28-16-18-9-10-18/h1-3,6-7,18-19H,4-5,8-16H2,(H,23,27). The summed E-state index contributed by atoms with van der Waals surface area (Å²) >= 11 is 0. The molecule has 1 saturated heterocycles. The highest BCUT2D eigenvalue weighted by atomic mass is 16.5. The molecule has 1 aliphatic carbocycles. The minimum Gasteiger partial charge on any atom is -0.381 e. The highest BCUT2D eigenvalue weighted by Crippen LogP contribution is 2.30. The molecule has 0 radical (unpaired) electrons. The number of amides is 2. The number of benzene rings is 1. The second kappa shape index (κ2) is 9.87. The van der Waals surface area contributed by atoms with Crippen molar-refractivity contribution in [3.8, 4) is 0 Å². The molecule has 0 spiro atoms. The van der Waals surface area contributed by atoms with Crippen LogP contribution in [0.2, 0.25) is 0 Å². The molecule has 29 heavy (non-hydrogen) atoms. The van der Waals surface area contributed by atoms with Crippen LogP contribution in [0.3, 0.4) is 0 Å². The number of hydrogen-bond donors (Lipinski definition) is 1. The van der Waals surface area contributed by atoms with Crippen molar-refractivity contribution in [2.24, 2.45) is 5.92 Å². The summed E-state index contributed by atoms with van der Waals surface area (Å²) in [5.41, 5.74) is 1.22. The van der Waals surface area contributed by atoms with Gasteiger partial charge in [-0.1, -0.05) is 35.5 Å². The molecule has 1 unspecified atom stereocenters. The fourth-order valence-electron chi connectivity index (χ4n) is 3.69. The number of carbonyl (C=O) groups excluding carboxylic acids is 1. The third-order valence-corrected chi connectivity index (χ3v) is 5.59. The summed E-state index contributed by atoms with van der Waals surface area (Å²) in [6.07, 6.45) is 6.95. The molecule has 2 aliphatic rings. The molecular formula is C22H30N4O3. The second-order valence-electron chi connectivity index (χ2n) is 7.99. The number of likely N-dealkylation sites (tertiary alicyclic amines) is 1. The van der Waals surface area contributed by atoms with Crippen molar-refractivity contribution in [2.75, 3.05) is 26.3 Å². The molecule has 1 atom stereocenters. The van der Waals surface area contributed by atoms with E-state index in [1.807, 2.05) is 23.1 Å². The molecule has 2 amide bonds. The first-order valence-electron chi connectivity index (χ1n) is 10.8. The Bertz CT molecular complexity index is 775. The van der Waals surface area contributed by atoms with Gasteiger partial charge in [0.2, 0.25) is 5.89 Å². The van der Waals surface area contributed by atoms with Gasteiger partial charge in [0.1, 0.15) is 6.04 Å². The van der Waals surface area contributed by atoms with Crippen LogP contribution in [0.1, 0.15) is 55.4 Å². The highest BCUT2D eigenvalue weighted by molar-refractivity contribution is 5.74. The van der Waals surface area contributed by atoms with Gasteiger partial charge < -0.3 is 19.5 Å². The lowest BCUT2D eigenvalue weighted by atomic mass is 10.0. The molecule has 4 rings (SSSR count). The van der Waals surface area contributed by atoms with Crippen LogP contribution < -0.4 is 5.32 Å². The molecule has 1 aromatic carbocycles. The van der Waals surface area contributed by atoms with E-state index in [0.29, 0.717) is 37.8 Å². The average Bonchev–Trinajstić information content (AvgIpc) is 3.47. The van der Waals surface area contributed by atoms with Crippen molar-refractivity contribution in [1.82, 2.24) is 20.4 Å². The van der Waals surface area contributed by atoms with Gasteiger partial charge in [-0.25, -0.2) is 4.79 Å². The van der Waals surface area contributed by atoms with Gasteiger partial charge in [0.05, 0.1) is 6.61 Å². The zero-order chi connectivity index (χ0) is 19.9. The van der Waals surface area contributed by atoms with E-state index in [2.05, 4.69) is 27.6 Å². The first kappa shape index (κ1) is 19.9. The predicted octanol–water partition coefficient (Wildman–Crippen LogP) is 3.52. The minimum absolute atomic E-state index is 0.0573. The number of aromatic nitrogens is 2. The number of nitrogens with zero attached hydrogens (tertiary/aromatic N) is 3. The van der Waals surface area contributed by atoms with Crippen LogP contribution in [-0.4, -0.2) is 47.4 Å². The van der Waals surface area contributed by atoms with E-state index in [1.165, 1.54) is 18.4 Å². The average molecular weight is 399 g/mol. The van der Waals surface area contributed by atoms with Crippen molar-refractivity contribution >= 4 is 6.03 Å². The van der Waals surface area contributed by atoms with Gasteiger partial charge in [-0.15, -0.1) is 0 Å². The minimum atomic E-state index is -0.144. The zero-order valence-electron chi connectivity index (χ0n) is 16.9. The van der Waals surface area contributed by atoms with E-state index in [-0.39, 0.29) is 12.1 Å². The summed E-state index contributed by atoms with van der Waals surface area (Å²) in [6.45, 7) is 2.78. The normalized spacial score (nSPS) is 19.3. The smallest absolute Gasteiger partial charge is 0.318 e. The maximum absolute atomic E-state index is 12.8. The van der Waals surface area contributed by atoms with E-state index < -0.39 is 0 Å². The van der Waals surface area contributed by atoms with Gasteiger partial charge in [0, 0.05) is 26.1 Å². The Morgan fingerprint density at radius 2 is 2.03 bits per heavy atom. The molecule has 7 heteroatoms. The van der Waals surface area contributed by atoms with Crippen molar-refractivity contribution in [3.63, 3.8) is 0 Å². The number of nitrogens with one attached hydrogen (secondary N) is 1. The highest BCUT2D eigenvalue weighted by Gasteiger charge is 2.32. The lowest BCUT2D eigenvalue weighted by Gasteiger charge is -2.33. The van der Waals surface area contributed by atoms with E-state index in [1.54, 1.807) is 0 Å². The lowest BCUT2D eigenvalue weighted by molar-refractivity contribution is 0.125. The summed E-state index contributed by atoms with van der Waals surface area (Å²) in [6, 6.07) is 9.98. The molecule has 7 nitrogen and oxygen atoms in total. The van der Waals surface area contributed by atoms with E-state index in [4.69, 9.17) is 9.26 Å². The third-order valence-electron chi connectivity index (χ3n) is 5.59. The van der Waals surface area contributed by atoms with Crippen molar-refractivity contribution < 1.29 is 14.1 Å². The van der Waals surface area contributed by atoms with Gasteiger partial charge in [0.15, 0.2) is 5.82 Å². The molecule has 1 aliphatic heterocycles. The van der Waals surface area contributed by atoms with E-state index >= 15 is 0 Å². The molecular weight excluding hydrogens is 368 g/mol. The van der Waals surface area contributed by atoms with Crippen LogP contribution in [-0.2, 0) is 17.6 Å². The third kappa shape index (κ3) is 5.79. The van der Waals surface area contributed by atoms with Gasteiger partial charge in [-0.2, -0.15) is 4.98 Å². The first-order chi connectivity index (χ1) is 14.3. The predicted molar refractivity (Wildman–Crippen MR) is 108 cm³/mol. The molecule has 1 aromatic heterocycles. The molecule has 2 heterocycles. The summed E-state index contributed by atoms with van der Waals surface area (Å²) < 4.78 is 11.2. The Morgan fingerprint density at radius 1 is 1.17 bits per heavy atom. The second-order valence-corrected chi connectivity index (χ2v) is 7.99. The Morgan fingerprint density at radius 3 is 2.86 bits per heavy atom. The van der Waals surface area contributed by atoms with Crippen LogP contribution in [0.4, 0.5) is 4.79 Å². The number of hydrogen-bond acceptors (Lipinski definition) is 5. The SMILES string of the molecule is O=C(NCCc1ccccc1)N1CCCCC1c1nc(CCOCC2CC2)no1. The zero-order valence-corrected chi connectivity index (χ0v) is 16.9. The Kier molecular flexibility index (Phi) is 6.77. The number of piperidine rings is 1. The van der Waals surface area contributed by atoms with Crippen LogP contribution in [0, 0.1) is 5.92 Å². The maximum atomic E-state index is 12.8. The monoisotopic (exact) mass is 398 g/mol. The molecule has 1 N–H and O–H groups in total. The van der Waals surface area contributed by atoms with Crippen molar-refractivity contribution in [1.29, 1.82) is 0 Å². The number of urea groups is 1. The van der Waals surface area contributed by atoms with Crippen LogP contribution in [0.15, 0.2) is 34.9 Å². The number of ether oxygens (including phenoxy) is 1. The first-order valence-corrected chi connectivity index (χ1v) is 10.8. The van der Waals surface area contributed by atoms with Crippen LogP contribution in [0.25, 0.3) is 0 Å². The fraction of sp³-hybridized carbons (Fsp3) is 0.591. The van der Waals surface area contributed by atoms with Crippen LogP contribution >= 0.6 is 0 Å². The topological polar surface area (TPSA) is 80.5 Å². The van der Waals surface area contributed by atoms with Crippen LogP contribution in [0.5, 0.6) is 0 Å². The molecule has 2 fully saturated rings. The molecule has 1 saturated carbocycles. The van der Waals surface area contributed by atoms with E-state index in [0.717, 1.165) is 38.2 Å². The largest absolute Gasteiger partial charge is 0.381 e. The summed E-state index contributed by atoms with van der Waals surface area (Å²) in [4.78, 5) is 19.2. The maximum Gasteiger partial charge on any atom is 0.318 e. The lowest BCUT2D eigenvalue weighted by Crippen LogP contribution is -2.45.